The lowest BCUT2D eigenvalue weighted by Gasteiger charge is -2.40. The molecule has 4 rings (SSSR count). The van der Waals surface area contributed by atoms with Gasteiger partial charge in [-0.05, 0) is 42.7 Å². The van der Waals surface area contributed by atoms with Gasteiger partial charge in [-0.15, -0.1) is 11.3 Å². The van der Waals surface area contributed by atoms with Gasteiger partial charge in [0.05, 0.1) is 5.41 Å². The van der Waals surface area contributed by atoms with Crippen molar-refractivity contribution in [3.8, 4) is 0 Å². The van der Waals surface area contributed by atoms with Gasteiger partial charge in [0.2, 0.25) is 11.8 Å². The Balaban J connectivity index is 1.45. The Morgan fingerprint density at radius 3 is 2.28 bits per heavy atom. The quantitative estimate of drug-likeness (QED) is 0.667. The third kappa shape index (κ3) is 4.60. The van der Waals surface area contributed by atoms with Gasteiger partial charge in [0, 0.05) is 39.1 Å². The third-order valence-corrected chi connectivity index (χ3v) is 9.78. The van der Waals surface area contributed by atoms with Gasteiger partial charge in [-0.3, -0.25) is 9.59 Å². The van der Waals surface area contributed by atoms with Gasteiger partial charge in [-0.25, -0.2) is 8.42 Å². The first-order chi connectivity index (χ1) is 15.4. The zero-order valence-electron chi connectivity index (χ0n) is 18.0. The highest BCUT2D eigenvalue weighted by Crippen LogP contribution is 2.38. The van der Waals surface area contributed by atoms with Crippen LogP contribution in [0.25, 0.3) is 0 Å². The van der Waals surface area contributed by atoms with Crippen LogP contribution >= 0.6 is 11.3 Å². The van der Waals surface area contributed by atoms with E-state index in [1.807, 2.05) is 35.2 Å². The molecule has 0 spiro atoms. The highest BCUT2D eigenvalue weighted by molar-refractivity contribution is 7.91. The van der Waals surface area contributed by atoms with E-state index in [1.54, 1.807) is 17.5 Å². The minimum Gasteiger partial charge on any atom is -0.355 e. The number of nitrogens with one attached hydrogen (secondary N) is 1. The molecule has 0 unspecified atom stereocenters. The summed E-state index contributed by atoms with van der Waals surface area (Å²) < 4.78 is 27.7. The molecule has 3 heterocycles. The summed E-state index contributed by atoms with van der Waals surface area (Å²) in [5.74, 6) is -0.0560. The van der Waals surface area contributed by atoms with Crippen molar-refractivity contribution in [1.29, 1.82) is 0 Å². The predicted octanol–water partition coefficient (Wildman–Crippen LogP) is 2.60. The van der Waals surface area contributed by atoms with Crippen LogP contribution in [0.3, 0.4) is 0 Å². The zero-order valence-corrected chi connectivity index (χ0v) is 19.7. The van der Waals surface area contributed by atoms with Gasteiger partial charge in [0.25, 0.3) is 10.0 Å². The second kappa shape index (κ2) is 9.72. The largest absolute Gasteiger partial charge is 0.355 e. The van der Waals surface area contributed by atoms with E-state index in [-0.39, 0.29) is 31.3 Å². The molecule has 0 bridgehead atoms. The fourth-order valence-corrected chi connectivity index (χ4v) is 7.21. The van der Waals surface area contributed by atoms with Crippen LogP contribution < -0.4 is 5.32 Å². The maximum Gasteiger partial charge on any atom is 0.252 e. The van der Waals surface area contributed by atoms with Crippen molar-refractivity contribution in [2.24, 2.45) is 0 Å². The number of nitrogens with zero attached hydrogens (tertiary/aromatic N) is 2. The molecule has 32 heavy (non-hydrogen) atoms. The number of likely N-dealkylation sites (tertiary alicyclic amines) is 1. The normalized spacial score (nSPS) is 19.1. The van der Waals surface area contributed by atoms with E-state index in [0.29, 0.717) is 23.6 Å². The summed E-state index contributed by atoms with van der Waals surface area (Å²) in [5, 5.41) is 4.73. The molecule has 2 aromatic rings. The molecule has 7 nitrogen and oxygen atoms in total. The molecule has 1 N–H and O–H groups in total. The highest BCUT2D eigenvalue weighted by Gasteiger charge is 2.45. The van der Waals surface area contributed by atoms with Crippen molar-refractivity contribution in [2.75, 3.05) is 32.7 Å². The molecule has 2 amide bonds. The SMILES string of the molecule is O=C(CCNC(=O)C1(c2ccccc2)CCN(S(=O)(=O)c2cccs2)CC1)N1CCCC1. The molecule has 2 fully saturated rings. The van der Waals surface area contributed by atoms with Crippen LogP contribution in [-0.4, -0.2) is 62.2 Å². The van der Waals surface area contributed by atoms with Crippen molar-refractivity contribution in [2.45, 2.75) is 41.7 Å². The number of hydrogen-bond donors (Lipinski definition) is 1. The smallest absolute Gasteiger partial charge is 0.252 e. The van der Waals surface area contributed by atoms with E-state index in [9.17, 15) is 18.0 Å². The zero-order chi connectivity index (χ0) is 22.6. The molecule has 2 saturated heterocycles. The summed E-state index contributed by atoms with van der Waals surface area (Å²) in [6, 6.07) is 12.9. The van der Waals surface area contributed by atoms with Gasteiger partial charge < -0.3 is 10.2 Å². The summed E-state index contributed by atoms with van der Waals surface area (Å²) in [6.45, 7) is 2.44. The van der Waals surface area contributed by atoms with Crippen molar-refractivity contribution in [3.63, 3.8) is 0 Å². The third-order valence-electron chi connectivity index (χ3n) is 6.51. The molecule has 0 saturated carbocycles. The number of hydrogen-bond acceptors (Lipinski definition) is 5. The number of piperidine rings is 1. The van der Waals surface area contributed by atoms with Gasteiger partial charge in [-0.2, -0.15) is 4.31 Å². The standard InChI is InChI=1S/C23H29N3O4S2/c27-20(25-14-4-5-15-25)10-13-24-22(28)23(19-7-2-1-3-8-19)11-16-26(17-12-23)32(29,30)21-9-6-18-31-21/h1-3,6-9,18H,4-5,10-17H2,(H,24,28). The van der Waals surface area contributed by atoms with Crippen LogP contribution in [0.5, 0.6) is 0 Å². The van der Waals surface area contributed by atoms with Crippen molar-refractivity contribution >= 4 is 33.2 Å². The van der Waals surface area contributed by atoms with Gasteiger partial charge >= 0.3 is 0 Å². The Kier molecular flexibility index (Phi) is 6.97. The Morgan fingerprint density at radius 2 is 1.66 bits per heavy atom. The monoisotopic (exact) mass is 475 g/mol. The van der Waals surface area contributed by atoms with Crippen LogP contribution in [0.2, 0.25) is 0 Å². The summed E-state index contributed by atoms with van der Waals surface area (Å²) in [6.07, 6.45) is 3.16. The van der Waals surface area contributed by atoms with E-state index in [2.05, 4.69) is 5.32 Å². The Hall–Kier alpha value is -2.23. The number of sulfonamides is 1. The van der Waals surface area contributed by atoms with Gasteiger partial charge in [0.15, 0.2) is 0 Å². The number of thiophene rings is 1. The summed E-state index contributed by atoms with van der Waals surface area (Å²) in [4.78, 5) is 27.6. The van der Waals surface area contributed by atoms with Gasteiger partial charge in [-0.1, -0.05) is 36.4 Å². The molecule has 2 aliphatic heterocycles. The Labute approximate surface area is 193 Å². The second-order valence-electron chi connectivity index (χ2n) is 8.38. The molecule has 0 aliphatic carbocycles. The van der Waals surface area contributed by atoms with E-state index < -0.39 is 15.4 Å². The fourth-order valence-electron chi connectivity index (χ4n) is 4.63. The molecule has 172 valence electrons. The Morgan fingerprint density at radius 1 is 0.969 bits per heavy atom. The van der Waals surface area contributed by atoms with Crippen LogP contribution in [0.4, 0.5) is 0 Å². The first-order valence-electron chi connectivity index (χ1n) is 11.1. The molecule has 2 aliphatic rings. The van der Waals surface area contributed by atoms with Crippen molar-refractivity contribution in [3.05, 3.63) is 53.4 Å². The van der Waals surface area contributed by atoms with Crippen molar-refractivity contribution < 1.29 is 18.0 Å². The van der Waals surface area contributed by atoms with E-state index in [1.165, 1.54) is 15.6 Å². The minimum atomic E-state index is -3.54. The van der Waals surface area contributed by atoms with E-state index >= 15 is 0 Å². The highest BCUT2D eigenvalue weighted by atomic mass is 32.2. The molecule has 9 heteroatoms. The van der Waals surface area contributed by atoms with Crippen LogP contribution in [0, 0.1) is 0 Å². The number of carbonyl (C=O) groups excluding carboxylic acids is 2. The number of benzene rings is 1. The Bertz CT molecular complexity index is 1020. The molecular weight excluding hydrogens is 446 g/mol. The number of carbonyl (C=O) groups is 2. The maximum absolute atomic E-state index is 13.4. The summed E-state index contributed by atoms with van der Waals surface area (Å²) in [7, 11) is -3.54. The summed E-state index contributed by atoms with van der Waals surface area (Å²) in [5.41, 5.74) is 0.0796. The topological polar surface area (TPSA) is 86.8 Å². The number of amides is 2. The van der Waals surface area contributed by atoms with Crippen LogP contribution in [0.1, 0.15) is 37.7 Å². The first-order valence-corrected chi connectivity index (χ1v) is 13.4. The number of rotatable bonds is 7. The van der Waals surface area contributed by atoms with Crippen LogP contribution in [-0.2, 0) is 25.0 Å². The molecule has 1 aromatic carbocycles. The lowest BCUT2D eigenvalue weighted by Crippen LogP contribution is -2.53. The minimum absolute atomic E-state index is 0.0772. The molecule has 0 radical (unpaired) electrons. The molecule has 0 atom stereocenters. The summed E-state index contributed by atoms with van der Waals surface area (Å²) >= 11 is 1.21. The lowest BCUT2D eigenvalue weighted by molar-refractivity contribution is -0.130. The fraction of sp³-hybridized carbons (Fsp3) is 0.478. The van der Waals surface area contributed by atoms with E-state index in [4.69, 9.17) is 0 Å². The molecule has 1 aromatic heterocycles. The average Bonchev–Trinajstić information content (AvgIpc) is 3.54. The van der Waals surface area contributed by atoms with Crippen molar-refractivity contribution in [1.82, 2.24) is 14.5 Å². The molecular formula is C23H29N3O4S2. The van der Waals surface area contributed by atoms with Gasteiger partial charge in [0.1, 0.15) is 4.21 Å². The predicted molar refractivity (Wildman–Crippen MR) is 124 cm³/mol. The lowest BCUT2D eigenvalue weighted by atomic mass is 9.72. The van der Waals surface area contributed by atoms with E-state index in [0.717, 1.165) is 31.5 Å². The van der Waals surface area contributed by atoms with Crippen LogP contribution in [0.15, 0.2) is 52.1 Å². The maximum atomic E-state index is 13.4. The first kappa shape index (κ1) is 22.9. The average molecular weight is 476 g/mol. The second-order valence-corrected chi connectivity index (χ2v) is 11.5.